The van der Waals surface area contributed by atoms with Crippen molar-refractivity contribution in [3.8, 4) is 0 Å². The second-order valence-corrected chi connectivity index (χ2v) is 7.61. The van der Waals surface area contributed by atoms with E-state index in [4.69, 9.17) is 23.6 Å². The Labute approximate surface area is 208 Å². The molecule has 0 bridgehead atoms. The molecule has 8 heteroatoms. The second-order valence-electron chi connectivity index (χ2n) is 7.61. The van der Waals surface area contributed by atoms with Crippen LogP contribution in [0.3, 0.4) is 0 Å². The van der Waals surface area contributed by atoms with Crippen LogP contribution in [0.15, 0.2) is 58.1 Å². The number of nitrogens with one attached hydrogen (secondary N) is 2. The Morgan fingerprint density at radius 2 is 1.84 bits per heavy atom. The van der Waals surface area contributed by atoms with Crippen molar-refractivity contribution in [2.24, 2.45) is 10.9 Å². The summed E-state index contributed by atoms with van der Waals surface area (Å²) in [5.41, 5.74) is 1.18. The summed E-state index contributed by atoms with van der Waals surface area (Å²) in [4.78, 5) is 4.73. The lowest BCUT2D eigenvalue weighted by Gasteiger charge is -2.13. The van der Waals surface area contributed by atoms with Crippen LogP contribution in [0, 0.1) is 5.92 Å². The largest absolute Gasteiger partial charge is 0.469 e. The van der Waals surface area contributed by atoms with Crippen LogP contribution < -0.4 is 10.6 Å². The minimum atomic E-state index is 0. The van der Waals surface area contributed by atoms with Gasteiger partial charge in [-0.15, -0.1) is 24.0 Å². The third-order valence-corrected chi connectivity index (χ3v) is 5.02. The summed E-state index contributed by atoms with van der Waals surface area (Å²) in [6.07, 6.45) is 4.52. The fraction of sp³-hybridized carbons (Fsp3) is 0.542. The standard InChI is InChI=1S/C24H35N3O4.HI/c1-2-6-21(7-3-1)19-30-17-16-28-13-5-11-25-24(27-18-22-10-15-29-20-22)26-12-9-23-8-4-14-31-23;/h1-4,6-8,14,22H,5,9-13,15-20H2,(H2,25,26,27);1H. The van der Waals surface area contributed by atoms with Gasteiger partial charge in [0.1, 0.15) is 5.76 Å². The molecule has 1 aliphatic rings. The molecule has 1 fully saturated rings. The van der Waals surface area contributed by atoms with Gasteiger partial charge in [-0.2, -0.15) is 0 Å². The van der Waals surface area contributed by atoms with Gasteiger partial charge in [-0.25, -0.2) is 0 Å². The Morgan fingerprint density at radius 1 is 1.00 bits per heavy atom. The summed E-state index contributed by atoms with van der Waals surface area (Å²) in [6.45, 7) is 6.55. The average Bonchev–Trinajstić information content (AvgIpc) is 3.51. The van der Waals surface area contributed by atoms with Gasteiger partial charge in [0.2, 0.25) is 0 Å². The molecular formula is C24H36IN3O4. The summed E-state index contributed by atoms with van der Waals surface area (Å²) in [7, 11) is 0. The maximum Gasteiger partial charge on any atom is 0.191 e. The van der Waals surface area contributed by atoms with Gasteiger partial charge in [-0.05, 0) is 30.5 Å². The van der Waals surface area contributed by atoms with Crippen molar-refractivity contribution in [1.29, 1.82) is 0 Å². The Kier molecular flexibility index (Phi) is 14.1. The number of hydrogen-bond acceptors (Lipinski definition) is 5. The molecule has 2 aromatic rings. The lowest BCUT2D eigenvalue weighted by atomic mass is 10.1. The van der Waals surface area contributed by atoms with Gasteiger partial charge in [-0.3, -0.25) is 4.99 Å². The number of aliphatic imine (C=N–C) groups is 1. The van der Waals surface area contributed by atoms with Crippen molar-refractivity contribution in [3.05, 3.63) is 60.1 Å². The van der Waals surface area contributed by atoms with Gasteiger partial charge in [0.05, 0.1) is 32.7 Å². The minimum Gasteiger partial charge on any atom is -0.469 e. The van der Waals surface area contributed by atoms with Crippen molar-refractivity contribution < 1.29 is 18.6 Å². The highest BCUT2D eigenvalue weighted by Gasteiger charge is 2.15. The van der Waals surface area contributed by atoms with E-state index in [0.717, 1.165) is 63.8 Å². The molecule has 1 aromatic heterocycles. The SMILES string of the molecule is I.c1ccc(COCCOCCCNC(=NCC2CCOC2)NCCc2ccco2)cc1. The Bertz CT molecular complexity index is 722. The van der Waals surface area contributed by atoms with E-state index in [-0.39, 0.29) is 24.0 Å². The zero-order valence-corrected chi connectivity index (χ0v) is 21.0. The molecule has 0 spiro atoms. The van der Waals surface area contributed by atoms with Gasteiger partial charge < -0.3 is 29.3 Å². The average molecular weight is 557 g/mol. The monoisotopic (exact) mass is 557 g/mol. The molecule has 2 heterocycles. The predicted molar refractivity (Wildman–Crippen MR) is 137 cm³/mol. The molecule has 1 unspecified atom stereocenters. The molecular weight excluding hydrogens is 521 g/mol. The third-order valence-electron chi connectivity index (χ3n) is 5.02. The maximum atomic E-state index is 5.67. The maximum absolute atomic E-state index is 5.67. The van der Waals surface area contributed by atoms with Crippen molar-refractivity contribution in [1.82, 2.24) is 10.6 Å². The van der Waals surface area contributed by atoms with Gasteiger partial charge in [0.15, 0.2) is 5.96 Å². The first-order valence-electron chi connectivity index (χ1n) is 11.2. The zero-order valence-electron chi connectivity index (χ0n) is 18.7. The first kappa shape index (κ1) is 26.6. The van der Waals surface area contributed by atoms with Crippen LogP contribution in [0.25, 0.3) is 0 Å². The highest BCUT2D eigenvalue weighted by Crippen LogP contribution is 2.12. The van der Waals surface area contributed by atoms with E-state index in [1.807, 2.05) is 30.3 Å². The zero-order chi connectivity index (χ0) is 21.4. The molecule has 1 saturated heterocycles. The fourth-order valence-electron chi connectivity index (χ4n) is 3.25. The molecule has 0 saturated carbocycles. The molecule has 1 aliphatic heterocycles. The molecule has 7 nitrogen and oxygen atoms in total. The number of nitrogens with zero attached hydrogens (tertiary/aromatic N) is 1. The van der Waals surface area contributed by atoms with Crippen LogP contribution in [0.2, 0.25) is 0 Å². The van der Waals surface area contributed by atoms with Gasteiger partial charge in [-0.1, -0.05) is 30.3 Å². The minimum absolute atomic E-state index is 0. The van der Waals surface area contributed by atoms with Crippen molar-refractivity contribution in [2.75, 3.05) is 52.7 Å². The highest BCUT2D eigenvalue weighted by atomic mass is 127. The first-order chi connectivity index (χ1) is 15.4. The number of furan rings is 1. The molecule has 0 amide bonds. The third kappa shape index (κ3) is 11.3. The normalized spacial score (nSPS) is 16.0. The van der Waals surface area contributed by atoms with Crippen LogP contribution in [-0.4, -0.2) is 58.6 Å². The first-order valence-corrected chi connectivity index (χ1v) is 11.2. The Balaban J connectivity index is 0.00000363. The molecule has 0 radical (unpaired) electrons. The lowest BCUT2D eigenvalue weighted by Crippen LogP contribution is -2.39. The molecule has 1 atom stereocenters. The predicted octanol–water partition coefficient (Wildman–Crippen LogP) is 3.64. The molecule has 1 aromatic carbocycles. The molecule has 32 heavy (non-hydrogen) atoms. The van der Waals surface area contributed by atoms with E-state index >= 15 is 0 Å². The molecule has 0 aliphatic carbocycles. The van der Waals surface area contributed by atoms with E-state index in [0.29, 0.717) is 32.3 Å². The molecule has 178 valence electrons. The Morgan fingerprint density at radius 3 is 2.62 bits per heavy atom. The number of ether oxygens (including phenoxy) is 3. The Hall–Kier alpha value is -1.62. The van der Waals surface area contributed by atoms with E-state index < -0.39 is 0 Å². The van der Waals surface area contributed by atoms with Gasteiger partial charge in [0.25, 0.3) is 0 Å². The van der Waals surface area contributed by atoms with E-state index in [1.54, 1.807) is 6.26 Å². The summed E-state index contributed by atoms with van der Waals surface area (Å²) in [5, 5.41) is 6.80. The van der Waals surface area contributed by atoms with Crippen LogP contribution >= 0.6 is 24.0 Å². The molecule has 3 rings (SSSR count). The smallest absolute Gasteiger partial charge is 0.191 e. The topological polar surface area (TPSA) is 77.2 Å². The van der Waals surface area contributed by atoms with Crippen molar-refractivity contribution in [2.45, 2.75) is 25.9 Å². The lowest BCUT2D eigenvalue weighted by molar-refractivity contribution is 0.0401. The molecule has 2 N–H and O–H groups in total. The summed E-state index contributed by atoms with van der Waals surface area (Å²) in [6, 6.07) is 14.1. The van der Waals surface area contributed by atoms with Crippen LogP contribution in [0.4, 0.5) is 0 Å². The van der Waals surface area contributed by atoms with E-state index in [2.05, 4.69) is 22.8 Å². The number of halogens is 1. The fourth-order valence-corrected chi connectivity index (χ4v) is 3.25. The number of rotatable bonds is 14. The van der Waals surface area contributed by atoms with Gasteiger partial charge in [0, 0.05) is 45.2 Å². The van der Waals surface area contributed by atoms with Crippen LogP contribution in [0.5, 0.6) is 0 Å². The van der Waals surface area contributed by atoms with E-state index in [9.17, 15) is 0 Å². The second kappa shape index (κ2) is 16.9. The summed E-state index contributed by atoms with van der Waals surface area (Å²) >= 11 is 0. The van der Waals surface area contributed by atoms with E-state index in [1.165, 1.54) is 5.56 Å². The van der Waals surface area contributed by atoms with Crippen molar-refractivity contribution in [3.63, 3.8) is 0 Å². The van der Waals surface area contributed by atoms with Crippen molar-refractivity contribution >= 4 is 29.9 Å². The highest BCUT2D eigenvalue weighted by molar-refractivity contribution is 14.0. The summed E-state index contributed by atoms with van der Waals surface area (Å²) in [5.74, 6) is 2.33. The number of benzene rings is 1. The van der Waals surface area contributed by atoms with Crippen LogP contribution in [-0.2, 0) is 27.2 Å². The number of hydrogen-bond donors (Lipinski definition) is 2. The summed E-state index contributed by atoms with van der Waals surface area (Å²) < 4.78 is 22.1. The van der Waals surface area contributed by atoms with Gasteiger partial charge >= 0.3 is 0 Å². The van der Waals surface area contributed by atoms with Crippen LogP contribution in [0.1, 0.15) is 24.2 Å². The quantitative estimate of drug-likeness (QED) is 0.160. The number of guanidine groups is 1.